The molecule has 130 valence electrons. The average molecular weight is 427 g/mol. The van der Waals surface area contributed by atoms with Gasteiger partial charge >= 0.3 is 0 Å². The van der Waals surface area contributed by atoms with Gasteiger partial charge in [-0.1, -0.05) is 0 Å². The standard InChI is InChI=1S/C15H29N3O3.HI/c1-2-16-14(18-7-3-13(20)4-8-18)17-11-15(12-19)5-9-21-10-6-15;/h13,19-20H,2-12H2,1H3,(H,16,17);1H. The lowest BCUT2D eigenvalue weighted by molar-refractivity contribution is -0.0107. The Balaban J connectivity index is 0.00000242. The first-order chi connectivity index (χ1) is 10.2. The zero-order valence-corrected chi connectivity index (χ0v) is 15.8. The number of hydrogen-bond acceptors (Lipinski definition) is 4. The van der Waals surface area contributed by atoms with Crippen LogP contribution in [0.25, 0.3) is 0 Å². The van der Waals surface area contributed by atoms with Gasteiger partial charge in [0.05, 0.1) is 19.3 Å². The van der Waals surface area contributed by atoms with Crippen LogP contribution in [0.3, 0.4) is 0 Å². The predicted molar refractivity (Wildman–Crippen MR) is 97.8 cm³/mol. The minimum absolute atomic E-state index is 0. The highest BCUT2D eigenvalue weighted by Gasteiger charge is 2.32. The normalized spacial score (nSPS) is 23.0. The molecule has 2 aliphatic heterocycles. The molecule has 2 rings (SSSR count). The summed E-state index contributed by atoms with van der Waals surface area (Å²) in [5.41, 5.74) is -0.131. The van der Waals surface area contributed by atoms with Crippen LogP contribution in [-0.4, -0.2) is 73.2 Å². The second-order valence-corrected chi connectivity index (χ2v) is 6.16. The van der Waals surface area contributed by atoms with Crippen LogP contribution in [0.15, 0.2) is 4.99 Å². The van der Waals surface area contributed by atoms with Crippen LogP contribution in [0.5, 0.6) is 0 Å². The molecule has 0 spiro atoms. The first-order valence-corrected chi connectivity index (χ1v) is 8.09. The van der Waals surface area contributed by atoms with E-state index in [-0.39, 0.29) is 42.1 Å². The number of ether oxygens (including phenoxy) is 1. The van der Waals surface area contributed by atoms with Crippen LogP contribution < -0.4 is 5.32 Å². The van der Waals surface area contributed by atoms with Crippen molar-refractivity contribution in [3.8, 4) is 0 Å². The lowest BCUT2D eigenvalue weighted by Crippen LogP contribution is -2.47. The van der Waals surface area contributed by atoms with E-state index in [0.29, 0.717) is 19.8 Å². The van der Waals surface area contributed by atoms with Crippen molar-refractivity contribution in [2.24, 2.45) is 10.4 Å². The largest absolute Gasteiger partial charge is 0.396 e. The van der Waals surface area contributed by atoms with Gasteiger partial charge in [0.1, 0.15) is 0 Å². The number of hydrogen-bond donors (Lipinski definition) is 3. The van der Waals surface area contributed by atoms with Crippen LogP contribution in [0, 0.1) is 5.41 Å². The van der Waals surface area contributed by atoms with E-state index in [9.17, 15) is 10.2 Å². The third-order valence-electron chi connectivity index (χ3n) is 4.55. The predicted octanol–water partition coefficient (Wildman–Crippen LogP) is 0.816. The summed E-state index contributed by atoms with van der Waals surface area (Å²) < 4.78 is 5.40. The molecule has 0 unspecified atom stereocenters. The summed E-state index contributed by atoms with van der Waals surface area (Å²) in [6.07, 6.45) is 3.15. The van der Waals surface area contributed by atoms with Gasteiger partial charge < -0.3 is 25.2 Å². The van der Waals surface area contributed by atoms with Crippen molar-refractivity contribution in [3.05, 3.63) is 0 Å². The van der Waals surface area contributed by atoms with E-state index in [0.717, 1.165) is 51.3 Å². The first-order valence-electron chi connectivity index (χ1n) is 8.09. The Kier molecular flexibility index (Phi) is 8.96. The summed E-state index contributed by atoms with van der Waals surface area (Å²) in [5.74, 6) is 0.906. The van der Waals surface area contributed by atoms with Crippen molar-refractivity contribution in [3.63, 3.8) is 0 Å². The van der Waals surface area contributed by atoms with E-state index in [1.54, 1.807) is 0 Å². The summed E-state index contributed by atoms with van der Waals surface area (Å²) in [7, 11) is 0. The van der Waals surface area contributed by atoms with E-state index in [1.807, 2.05) is 0 Å². The summed E-state index contributed by atoms with van der Waals surface area (Å²) >= 11 is 0. The zero-order chi connectivity index (χ0) is 15.1. The van der Waals surface area contributed by atoms with Crippen LogP contribution in [-0.2, 0) is 4.74 Å². The summed E-state index contributed by atoms with van der Waals surface area (Å²) in [6, 6.07) is 0. The van der Waals surface area contributed by atoms with Gasteiger partial charge in [0, 0.05) is 38.3 Å². The van der Waals surface area contributed by atoms with Crippen LogP contribution in [0.4, 0.5) is 0 Å². The maximum atomic E-state index is 9.74. The molecule has 2 aliphatic rings. The highest BCUT2D eigenvalue weighted by Crippen LogP contribution is 2.30. The molecule has 0 amide bonds. The Hall–Kier alpha value is -0.120. The minimum atomic E-state index is -0.177. The van der Waals surface area contributed by atoms with Crippen molar-refractivity contribution in [1.82, 2.24) is 10.2 Å². The lowest BCUT2D eigenvalue weighted by atomic mass is 9.81. The number of rotatable bonds is 4. The van der Waals surface area contributed by atoms with Gasteiger partial charge in [0.25, 0.3) is 0 Å². The highest BCUT2D eigenvalue weighted by atomic mass is 127. The number of likely N-dealkylation sites (tertiary alicyclic amines) is 1. The first kappa shape index (κ1) is 19.9. The van der Waals surface area contributed by atoms with Gasteiger partial charge in [-0.3, -0.25) is 4.99 Å². The maximum Gasteiger partial charge on any atom is 0.193 e. The molecule has 3 N–H and O–H groups in total. The lowest BCUT2D eigenvalue weighted by Gasteiger charge is -2.36. The number of piperidine rings is 1. The number of aliphatic imine (C=N–C) groups is 1. The molecule has 22 heavy (non-hydrogen) atoms. The van der Waals surface area contributed by atoms with Crippen molar-refractivity contribution >= 4 is 29.9 Å². The van der Waals surface area contributed by atoms with Crippen LogP contribution in [0.1, 0.15) is 32.6 Å². The van der Waals surface area contributed by atoms with E-state index in [4.69, 9.17) is 9.73 Å². The van der Waals surface area contributed by atoms with Crippen molar-refractivity contribution < 1.29 is 14.9 Å². The molecular formula is C15H30IN3O3. The Morgan fingerprint density at radius 3 is 2.50 bits per heavy atom. The highest BCUT2D eigenvalue weighted by molar-refractivity contribution is 14.0. The monoisotopic (exact) mass is 427 g/mol. The molecule has 0 aromatic rings. The zero-order valence-electron chi connectivity index (χ0n) is 13.5. The fourth-order valence-corrected chi connectivity index (χ4v) is 2.92. The molecular weight excluding hydrogens is 397 g/mol. The third-order valence-corrected chi connectivity index (χ3v) is 4.55. The maximum absolute atomic E-state index is 9.74. The number of aliphatic hydroxyl groups excluding tert-OH is 2. The molecule has 0 aliphatic carbocycles. The number of guanidine groups is 1. The molecule has 0 radical (unpaired) electrons. The van der Waals surface area contributed by atoms with Crippen LogP contribution >= 0.6 is 24.0 Å². The quantitative estimate of drug-likeness (QED) is 0.352. The molecule has 6 nitrogen and oxygen atoms in total. The Bertz CT molecular complexity index is 341. The van der Waals surface area contributed by atoms with E-state index < -0.39 is 0 Å². The Morgan fingerprint density at radius 2 is 1.95 bits per heavy atom. The number of nitrogens with one attached hydrogen (secondary N) is 1. The smallest absolute Gasteiger partial charge is 0.193 e. The Labute approximate surface area is 150 Å². The van der Waals surface area contributed by atoms with Gasteiger partial charge in [-0.05, 0) is 32.6 Å². The second kappa shape index (κ2) is 9.89. The summed E-state index contributed by atoms with van der Waals surface area (Å²) in [4.78, 5) is 6.97. The summed E-state index contributed by atoms with van der Waals surface area (Å²) in [5, 5.41) is 22.7. The van der Waals surface area contributed by atoms with Crippen molar-refractivity contribution in [1.29, 1.82) is 0 Å². The third kappa shape index (κ3) is 5.50. The topological polar surface area (TPSA) is 77.3 Å². The van der Waals surface area contributed by atoms with E-state index in [2.05, 4.69) is 17.1 Å². The van der Waals surface area contributed by atoms with E-state index >= 15 is 0 Å². The molecule has 0 saturated carbocycles. The van der Waals surface area contributed by atoms with Gasteiger partial charge in [-0.2, -0.15) is 0 Å². The fourth-order valence-electron chi connectivity index (χ4n) is 2.92. The van der Waals surface area contributed by atoms with Crippen LogP contribution in [0.2, 0.25) is 0 Å². The van der Waals surface area contributed by atoms with Gasteiger partial charge in [-0.25, -0.2) is 0 Å². The van der Waals surface area contributed by atoms with Crippen molar-refractivity contribution in [2.75, 3.05) is 46.0 Å². The minimum Gasteiger partial charge on any atom is -0.396 e. The van der Waals surface area contributed by atoms with Gasteiger partial charge in [0.2, 0.25) is 0 Å². The number of halogens is 1. The van der Waals surface area contributed by atoms with Crippen molar-refractivity contribution in [2.45, 2.75) is 38.7 Å². The number of nitrogens with zero attached hydrogens (tertiary/aromatic N) is 2. The SMILES string of the molecule is CCNC(=NCC1(CO)CCOCC1)N1CCC(O)CC1.I. The van der Waals surface area contributed by atoms with Gasteiger partial charge in [0.15, 0.2) is 5.96 Å². The molecule has 2 saturated heterocycles. The summed E-state index contributed by atoms with van der Waals surface area (Å²) in [6.45, 7) is 6.78. The average Bonchev–Trinajstić information content (AvgIpc) is 2.53. The molecule has 0 atom stereocenters. The van der Waals surface area contributed by atoms with E-state index in [1.165, 1.54) is 0 Å². The Morgan fingerprint density at radius 1 is 1.32 bits per heavy atom. The molecule has 7 heteroatoms. The molecule has 2 heterocycles. The molecule has 2 fully saturated rings. The van der Waals surface area contributed by atoms with Gasteiger partial charge in [-0.15, -0.1) is 24.0 Å². The fraction of sp³-hybridized carbons (Fsp3) is 0.933. The second-order valence-electron chi connectivity index (χ2n) is 6.16. The molecule has 0 aromatic heterocycles. The molecule has 0 aromatic carbocycles. The number of aliphatic hydroxyl groups is 2. The molecule has 0 bridgehead atoms.